The molecule has 0 N–H and O–H groups in total. The first-order chi connectivity index (χ1) is 6.20. The number of aromatic nitrogens is 3. The molecule has 0 aliphatic rings. The van der Waals surface area contributed by atoms with E-state index in [1.54, 1.807) is 12.4 Å². The van der Waals surface area contributed by atoms with Gasteiger partial charge in [-0.3, -0.25) is 4.98 Å². The molecule has 0 radical (unpaired) electrons. The quantitative estimate of drug-likeness (QED) is 0.695. The number of rotatable bonds is 0. The molecule has 0 saturated heterocycles. The van der Waals surface area contributed by atoms with Crippen molar-refractivity contribution < 1.29 is 0 Å². The number of hydrogen-bond acceptors (Lipinski definition) is 3. The lowest BCUT2D eigenvalue weighted by molar-refractivity contribution is 1.24. The van der Waals surface area contributed by atoms with Crippen molar-refractivity contribution in [3.05, 3.63) is 27.2 Å². The molecule has 3 nitrogen and oxygen atoms in total. The maximum Gasteiger partial charge on any atom is 0.158 e. The number of nitrogens with zero attached hydrogens (tertiary/aromatic N) is 3. The minimum absolute atomic E-state index is 0.260. The highest BCUT2D eigenvalue weighted by Gasteiger charge is 2.10. The summed E-state index contributed by atoms with van der Waals surface area (Å²) >= 11 is 14.9. The molecule has 2 heterocycles. The summed E-state index contributed by atoms with van der Waals surface area (Å²) in [5, 5.41) is 0.550. The Labute approximate surface area is 92.2 Å². The van der Waals surface area contributed by atoms with Crippen molar-refractivity contribution in [1.82, 2.24) is 15.0 Å². The second-order valence-corrected chi connectivity index (χ2v) is 3.77. The summed E-state index contributed by atoms with van der Waals surface area (Å²) in [6.45, 7) is 0. The van der Waals surface area contributed by atoms with Crippen molar-refractivity contribution in [3.63, 3.8) is 0 Å². The minimum atomic E-state index is 0.260. The first-order valence-corrected chi connectivity index (χ1v) is 4.86. The first-order valence-electron chi connectivity index (χ1n) is 3.31. The van der Waals surface area contributed by atoms with Crippen LogP contribution in [0.25, 0.3) is 11.0 Å². The van der Waals surface area contributed by atoms with Gasteiger partial charge in [-0.15, -0.1) is 0 Å². The summed E-state index contributed by atoms with van der Waals surface area (Å²) < 4.78 is 0.613. The third kappa shape index (κ3) is 1.49. The van der Waals surface area contributed by atoms with Gasteiger partial charge in [0.2, 0.25) is 0 Å². The summed E-state index contributed by atoms with van der Waals surface area (Å²) in [5.41, 5.74) is 1.16. The predicted octanol–water partition coefficient (Wildman–Crippen LogP) is 3.09. The van der Waals surface area contributed by atoms with Crippen molar-refractivity contribution in [3.8, 4) is 0 Å². The maximum absolute atomic E-state index is 5.82. The van der Waals surface area contributed by atoms with E-state index in [1.807, 2.05) is 0 Å². The van der Waals surface area contributed by atoms with Crippen molar-refractivity contribution in [2.45, 2.75) is 0 Å². The Morgan fingerprint density at radius 3 is 2.31 bits per heavy atom. The van der Waals surface area contributed by atoms with Crippen molar-refractivity contribution in [2.75, 3.05) is 0 Å². The Hall–Kier alpha value is -0.450. The molecule has 6 heteroatoms. The normalized spacial score (nSPS) is 10.7. The number of hydrogen-bond donors (Lipinski definition) is 0. The standard InChI is InChI=1S/C7H2BrCl2N3/c8-3-4-5(12-2-1-11-4)7(10)13-6(3)9/h1-2H. The molecule has 0 amide bonds. The third-order valence-corrected chi connectivity index (χ3v) is 3.00. The van der Waals surface area contributed by atoms with Crippen LogP contribution in [0, 0.1) is 0 Å². The molecule has 13 heavy (non-hydrogen) atoms. The van der Waals surface area contributed by atoms with Gasteiger partial charge >= 0.3 is 0 Å². The molecule has 0 aromatic carbocycles. The van der Waals surface area contributed by atoms with E-state index in [2.05, 4.69) is 30.9 Å². The van der Waals surface area contributed by atoms with E-state index in [0.717, 1.165) is 0 Å². The van der Waals surface area contributed by atoms with Gasteiger partial charge in [0.1, 0.15) is 16.2 Å². The van der Waals surface area contributed by atoms with E-state index in [4.69, 9.17) is 23.2 Å². The molecular weight excluding hydrogens is 277 g/mol. The predicted molar refractivity (Wildman–Crippen MR) is 55.1 cm³/mol. The topological polar surface area (TPSA) is 38.7 Å². The summed E-state index contributed by atoms with van der Waals surface area (Å²) in [4.78, 5) is 12.0. The van der Waals surface area contributed by atoms with Crippen LogP contribution in [0.15, 0.2) is 16.9 Å². The van der Waals surface area contributed by atoms with Crippen LogP contribution in [0.5, 0.6) is 0 Å². The van der Waals surface area contributed by atoms with Crippen LogP contribution in [-0.2, 0) is 0 Å². The van der Waals surface area contributed by atoms with Gasteiger partial charge < -0.3 is 0 Å². The smallest absolute Gasteiger partial charge is 0.158 e. The monoisotopic (exact) mass is 277 g/mol. The molecule has 0 aliphatic carbocycles. The second-order valence-electron chi connectivity index (χ2n) is 2.26. The fraction of sp³-hybridized carbons (Fsp3) is 0. The molecule has 0 spiro atoms. The zero-order valence-corrected chi connectivity index (χ0v) is 9.23. The number of fused-ring (bicyclic) bond motifs is 1. The third-order valence-electron chi connectivity index (χ3n) is 1.48. The zero-order valence-electron chi connectivity index (χ0n) is 6.13. The van der Waals surface area contributed by atoms with E-state index in [1.165, 1.54) is 0 Å². The molecule has 66 valence electrons. The summed E-state index contributed by atoms with van der Waals surface area (Å²) in [6.07, 6.45) is 3.12. The molecule has 0 unspecified atom stereocenters. The van der Waals surface area contributed by atoms with Crippen LogP contribution in [0.1, 0.15) is 0 Å². The van der Waals surface area contributed by atoms with Crippen LogP contribution in [0.2, 0.25) is 10.3 Å². The maximum atomic E-state index is 5.82. The number of pyridine rings is 1. The molecule has 0 atom stereocenters. The van der Waals surface area contributed by atoms with Crippen LogP contribution >= 0.6 is 39.1 Å². The van der Waals surface area contributed by atoms with Gasteiger partial charge in [-0.05, 0) is 15.9 Å². The number of halogens is 3. The van der Waals surface area contributed by atoms with E-state index >= 15 is 0 Å². The lowest BCUT2D eigenvalue weighted by Crippen LogP contribution is -1.89. The highest BCUT2D eigenvalue weighted by Crippen LogP contribution is 2.30. The zero-order chi connectivity index (χ0) is 9.42. The van der Waals surface area contributed by atoms with Crippen molar-refractivity contribution >= 4 is 50.2 Å². The molecular formula is C7H2BrCl2N3. The Balaban J connectivity index is 2.97. The Morgan fingerprint density at radius 2 is 1.62 bits per heavy atom. The van der Waals surface area contributed by atoms with Gasteiger partial charge in [-0.2, -0.15) is 0 Å². The van der Waals surface area contributed by atoms with Gasteiger partial charge in [0, 0.05) is 12.4 Å². The second kappa shape index (κ2) is 3.36. The van der Waals surface area contributed by atoms with E-state index in [-0.39, 0.29) is 10.3 Å². The van der Waals surface area contributed by atoms with Gasteiger partial charge in [-0.25, -0.2) is 9.97 Å². The van der Waals surface area contributed by atoms with E-state index in [0.29, 0.717) is 15.5 Å². The van der Waals surface area contributed by atoms with E-state index < -0.39 is 0 Å². The average molecular weight is 279 g/mol. The molecule has 2 aromatic rings. The molecule has 0 fully saturated rings. The molecule has 0 saturated carbocycles. The largest absolute Gasteiger partial charge is 0.252 e. The highest BCUT2D eigenvalue weighted by atomic mass is 79.9. The molecule has 2 rings (SSSR count). The lowest BCUT2D eigenvalue weighted by Gasteiger charge is -2.01. The lowest BCUT2D eigenvalue weighted by atomic mass is 10.4. The molecule has 2 aromatic heterocycles. The highest BCUT2D eigenvalue weighted by molar-refractivity contribution is 9.10. The average Bonchev–Trinajstić information content (AvgIpc) is 2.15. The Kier molecular flexibility index (Phi) is 2.36. The molecule has 0 bridgehead atoms. The van der Waals surface area contributed by atoms with Crippen LogP contribution in [0.3, 0.4) is 0 Å². The summed E-state index contributed by atoms with van der Waals surface area (Å²) in [6, 6.07) is 0. The minimum Gasteiger partial charge on any atom is -0.252 e. The fourth-order valence-electron chi connectivity index (χ4n) is 0.936. The summed E-state index contributed by atoms with van der Waals surface area (Å²) in [7, 11) is 0. The van der Waals surface area contributed by atoms with Crippen LogP contribution in [0.4, 0.5) is 0 Å². The van der Waals surface area contributed by atoms with Crippen molar-refractivity contribution in [1.29, 1.82) is 0 Å². The summed E-state index contributed by atoms with van der Waals surface area (Å²) in [5.74, 6) is 0. The SMILES string of the molecule is Clc1nc(Cl)c2nccnc2c1Br. The van der Waals surface area contributed by atoms with Gasteiger partial charge in [-0.1, -0.05) is 23.2 Å². The van der Waals surface area contributed by atoms with Gasteiger partial charge in [0.15, 0.2) is 5.15 Å². The Morgan fingerprint density at radius 1 is 1.00 bits per heavy atom. The fourth-order valence-corrected chi connectivity index (χ4v) is 1.75. The van der Waals surface area contributed by atoms with Gasteiger partial charge in [0.25, 0.3) is 0 Å². The Bertz CT molecular complexity index is 474. The first kappa shape index (κ1) is 9.12. The molecule has 0 aliphatic heterocycles. The van der Waals surface area contributed by atoms with E-state index in [9.17, 15) is 0 Å². The van der Waals surface area contributed by atoms with Crippen LogP contribution in [-0.4, -0.2) is 15.0 Å². The van der Waals surface area contributed by atoms with Crippen LogP contribution < -0.4 is 0 Å². The van der Waals surface area contributed by atoms with Gasteiger partial charge in [0.05, 0.1) is 4.47 Å². The van der Waals surface area contributed by atoms with Crippen molar-refractivity contribution in [2.24, 2.45) is 0 Å².